The van der Waals surface area contributed by atoms with Gasteiger partial charge in [-0.25, -0.2) is 0 Å². The number of carbonyl (C=O) groups is 1. The molecular weight excluding hydrogens is 274 g/mol. The number of rotatable bonds is 1. The molecule has 0 aliphatic rings. The first-order chi connectivity index (χ1) is 5.11. The summed E-state index contributed by atoms with van der Waals surface area (Å²) in [7, 11) is 0. The van der Waals surface area contributed by atoms with Crippen molar-refractivity contribution >= 4 is 39.4 Å². The molecular formula is C8H6ClIO. The average Bonchev–Trinajstić information content (AvgIpc) is 1.85. The predicted molar refractivity (Wildman–Crippen MR) is 54.1 cm³/mol. The topological polar surface area (TPSA) is 17.1 Å². The third-order valence-corrected chi connectivity index (χ3v) is 2.27. The van der Waals surface area contributed by atoms with E-state index in [9.17, 15) is 4.79 Å². The second-order valence-electron chi connectivity index (χ2n) is 2.23. The third kappa shape index (κ3) is 2.17. The van der Waals surface area contributed by atoms with Gasteiger partial charge in [0.25, 0.3) is 5.24 Å². The summed E-state index contributed by atoms with van der Waals surface area (Å²) in [6, 6.07) is 5.53. The van der Waals surface area contributed by atoms with Gasteiger partial charge in [0.1, 0.15) is 0 Å². The maximum atomic E-state index is 10.7. The Balaban J connectivity index is 3.20. The van der Waals surface area contributed by atoms with Crippen LogP contribution < -0.4 is 0 Å². The molecule has 58 valence electrons. The van der Waals surface area contributed by atoms with E-state index in [1.165, 1.54) is 0 Å². The summed E-state index contributed by atoms with van der Waals surface area (Å²) in [4.78, 5) is 10.7. The van der Waals surface area contributed by atoms with Gasteiger partial charge in [-0.2, -0.15) is 0 Å². The molecule has 0 saturated carbocycles. The van der Waals surface area contributed by atoms with Crippen molar-refractivity contribution in [1.29, 1.82) is 0 Å². The highest BCUT2D eigenvalue weighted by Gasteiger charge is 2.04. The molecule has 0 bridgehead atoms. The van der Waals surface area contributed by atoms with Gasteiger partial charge in [0.05, 0.1) is 0 Å². The van der Waals surface area contributed by atoms with Crippen molar-refractivity contribution in [2.24, 2.45) is 0 Å². The molecule has 0 saturated heterocycles. The second kappa shape index (κ2) is 3.54. The maximum Gasteiger partial charge on any atom is 0.252 e. The zero-order chi connectivity index (χ0) is 8.43. The van der Waals surface area contributed by atoms with Gasteiger partial charge in [-0.1, -0.05) is 0 Å². The second-order valence-corrected chi connectivity index (χ2v) is 3.82. The molecule has 0 radical (unpaired) electrons. The Labute approximate surface area is 83.9 Å². The van der Waals surface area contributed by atoms with Crippen LogP contribution in [0, 0.1) is 10.5 Å². The number of hydrogen-bond acceptors (Lipinski definition) is 1. The molecule has 0 fully saturated rings. The van der Waals surface area contributed by atoms with Crippen LogP contribution in [0.4, 0.5) is 0 Å². The Kier molecular flexibility index (Phi) is 2.90. The van der Waals surface area contributed by atoms with Gasteiger partial charge in [-0.3, -0.25) is 4.79 Å². The average molecular weight is 280 g/mol. The minimum absolute atomic E-state index is 0.390. The highest BCUT2D eigenvalue weighted by molar-refractivity contribution is 14.1. The first-order valence-electron chi connectivity index (χ1n) is 3.07. The molecule has 1 aromatic rings. The summed E-state index contributed by atoms with van der Waals surface area (Å²) in [5, 5.41) is -0.390. The Morgan fingerprint density at radius 1 is 1.55 bits per heavy atom. The van der Waals surface area contributed by atoms with E-state index < -0.39 is 0 Å². The van der Waals surface area contributed by atoms with Crippen LogP contribution in [-0.4, -0.2) is 5.24 Å². The molecule has 0 aliphatic carbocycles. The smallest absolute Gasteiger partial charge is 0.252 e. The molecule has 0 amide bonds. The van der Waals surface area contributed by atoms with E-state index in [1.807, 2.05) is 19.1 Å². The van der Waals surface area contributed by atoms with Crippen LogP contribution in [0.3, 0.4) is 0 Å². The molecule has 11 heavy (non-hydrogen) atoms. The molecule has 1 nitrogen and oxygen atoms in total. The van der Waals surface area contributed by atoms with E-state index in [0.29, 0.717) is 5.56 Å². The Morgan fingerprint density at radius 3 is 2.64 bits per heavy atom. The Morgan fingerprint density at radius 2 is 2.18 bits per heavy atom. The molecule has 1 aromatic carbocycles. The molecule has 3 heteroatoms. The van der Waals surface area contributed by atoms with Gasteiger partial charge < -0.3 is 0 Å². The van der Waals surface area contributed by atoms with E-state index in [0.717, 1.165) is 9.13 Å². The minimum Gasteiger partial charge on any atom is -0.276 e. The summed E-state index contributed by atoms with van der Waals surface area (Å²) in [5.74, 6) is 0. The number of halogens is 2. The molecule has 0 aromatic heterocycles. The van der Waals surface area contributed by atoms with E-state index in [2.05, 4.69) is 22.6 Å². The van der Waals surface area contributed by atoms with Crippen molar-refractivity contribution in [2.45, 2.75) is 6.92 Å². The van der Waals surface area contributed by atoms with Gasteiger partial charge in [0.15, 0.2) is 0 Å². The van der Waals surface area contributed by atoms with Crippen LogP contribution in [0.15, 0.2) is 18.2 Å². The van der Waals surface area contributed by atoms with Crippen molar-refractivity contribution < 1.29 is 4.79 Å². The van der Waals surface area contributed by atoms with Crippen molar-refractivity contribution in [2.75, 3.05) is 0 Å². The standard InChI is InChI=1S/C8H6ClIO/c1-5-4-6(10)2-3-7(5)8(9)11/h2-4H,1H3. The quantitative estimate of drug-likeness (QED) is 0.571. The van der Waals surface area contributed by atoms with Crippen molar-refractivity contribution in [3.63, 3.8) is 0 Å². The van der Waals surface area contributed by atoms with Gasteiger partial charge in [0.2, 0.25) is 0 Å². The van der Waals surface area contributed by atoms with Crippen LogP contribution >= 0.6 is 34.2 Å². The van der Waals surface area contributed by atoms with Crippen molar-refractivity contribution in [1.82, 2.24) is 0 Å². The molecule has 0 spiro atoms. The first kappa shape index (κ1) is 9.00. The summed E-state index contributed by atoms with van der Waals surface area (Å²) in [6.45, 7) is 1.87. The number of benzene rings is 1. The zero-order valence-electron chi connectivity index (χ0n) is 5.90. The van der Waals surface area contributed by atoms with Crippen LogP contribution in [-0.2, 0) is 0 Å². The lowest BCUT2D eigenvalue weighted by atomic mass is 10.1. The zero-order valence-corrected chi connectivity index (χ0v) is 8.81. The fourth-order valence-electron chi connectivity index (χ4n) is 0.848. The lowest BCUT2D eigenvalue weighted by Gasteiger charge is -1.99. The molecule has 0 aliphatic heterocycles. The van der Waals surface area contributed by atoms with E-state index in [4.69, 9.17) is 11.6 Å². The summed E-state index contributed by atoms with van der Waals surface area (Å²) < 4.78 is 1.11. The van der Waals surface area contributed by atoms with Crippen molar-refractivity contribution in [3.8, 4) is 0 Å². The van der Waals surface area contributed by atoms with Gasteiger partial charge in [-0.05, 0) is 64.9 Å². The summed E-state index contributed by atoms with van der Waals surface area (Å²) >= 11 is 7.51. The number of hydrogen-bond donors (Lipinski definition) is 0. The molecule has 0 atom stereocenters. The van der Waals surface area contributed by atoms with Crippen LogP contribution in [0.2, 0.25) is 0 Å². The fraction of sp³-hybridized carbons (Fsp3) is 0.125. The van der Waals surface area contributed by atoms with Crippen LogP contribution in [0.1, 0.15) is 15.9 Å². The van der Waals surface area contributed by atoms with Crippen LogP contribution in [0.5, 0.6) is 0 Å². The van der Waals surface area contributed by atoms with Gasteiger partial charge in [0, 0.05) is 9.13 Å². The van der Waals surface area contributed by atoms with Crippen molar-refractivity contribution in [3.05, 3.63) is 32.9 Å². The monoisotopic (exact) mass is 280 g/mol. The SMILES string of the molecule is Cc1cc(I)ccc1C(=O)Cl. The van der Waals surface area contributed by atoms with Gasteiger partial charge >= 0.3 is 0 Å². The summed E-state index contributed by atoms with van der Waals surface area (Å²) in [6.07, 6.45) is 0. The highest BCUT2D eigenvalue weighted by atomic mass is 127. The lowest BCUT2D eigenvalue weighted by Crippen LogP contribution is -1.92. The highest BCUT2D eigenvalue weighted by Crippen LogP contribution is 2.14. The first-order valence-corrected chi connectivity index (χ1v) is 4.53. The Hall–Kier alpha value is -0.0900. The summed E-state index contributed by atoms with van der Waals surface area (Å²) in [5.41, 5.74) is 1.52. The Bertz CT molecular complexity index is 296. The largest absolute Gasteiger partial charge is 0.276 e. The molecule has 0 unspecified atom stereocenters. The van der Waals surface area contributed by atoms with E-state index in [1.54, 1.807) is 6.07 Å². The predicted octanol–water partition coefficient (Wildman–Crippen LogP) is 2.98. The van der Waals surface area contributed by atoms with Crippen LogP contribution in [0.25, 0.3) is 0 Å². The maximum absolute atomic E-state index is 10.7. The minimum atomic E-state index is -0.390. The van der Waals surface area contributed by atoms with Gasteiger partial charge in [-0.15, -0.1) is 0 Å². The molecule has 0 heterocycles. The molecule has 1 rings (SSSR count). The fourth-order valence-corrected chi connectivity index (χ4v) is 1.71. The lowest BCUT2D eigenvalue weighted by molar-refractivity contribution is 0.108. The normalized spacial score (nSPS) is 9.73. The number of carbonyl (C=O) groups excluding carboxylic acids is 1. The van der Waals surface area contributed by atoms with E-state index >= 15 is 0 Å². The van der Waals surface area contributed by atoms with E-state index in [-0.39, 0.29) is 5.24 Å². The number of aryl methyl sites for hydroxylation is 1. The third-order valence-electron chi connectivity index (χ3n) is 1.40. The molecule has 0 N–H and O–H groups in total.